The average Bonchev–Trinajstić information content (AvgIpc) is 3.91. The molecule has 4 aliphatic heterocycles. The predicted octanol–water partition coefficient (Wildman–Crippen LogP) is 3.80. The molecule has 0 unspecified atom stereocenters. The summed E-state index contributed by atoms with van der Waals surface area (Å²) in [5.74, 6) is 1.76. The van der Waals surface area contributed by atoms with E-state index in [1.165, 1.54) is 24.8 Å². The number of hydrogen-bond acceptors (Lipinski definition) is 21. The molecule has 0 aromatic carbocycles. The fourth-order valence-corrected chi connectivity index (χ4v) is 8.70. The summed E-state index contributed by atoms with van der Waals surface area (Å²) in [6.45, 7) is 11.7. The van der Waals surface area contributed by atoms with E-state index >= 15 is 0 Å². The van der Waals surface area contributed by atoms with Gasteiger partial charge in [-0.15, -0.1) is 0 Å². The molecule has 10 heterocycles. The van der Waals surface area contributed by atoms with Gasteiger partial charge in [0.05, 0.1) is 37.6 Å². The fraction of sp³-hybridized carbons (Fsp3) is 0.578. The number of halogens is 6. The molecule has 75 heavy (non-hydrogen) atoms. The minimum atomic E-state index is -4.50. The molecule has 0 radical (unpaired) electrons. The number of rotatable bonds is 9. The van der Waals surface area contributed by atoms with Crippen LogP contribution in [0.4, 0.5) is 66.6 Å². The molecule has 10 rings (SSSR count). The Kier molecular flexibility index (Phi) is 15.2. The fourth-order valence-electron chi connectivity index (χ4n) is 8.70. The molecular formula is C45H58F6N20O4. The Bertz CT molecular complexity index is 2920. The van der Waals surface area contributed by atoms with Crippen LogP contribution in [-0.2, 0) is 27.3 Å². The molecule has 0 spiro atoms. The van der Waals surface area contributed by atoms with Crippen molar-refractivity contribution >= 4 is 63.9 Å². The summed E-state index contributed by atoms with van der Waals surface area (Å²) in [6.07, 6.45) is -3.96. The molecule has 1 amide bonds. The highest BCUT2D eigenvalue weighted by Crippen LogP contribution is 2.36. The Hall–Kier alpha value is -7.05. The van der Waals surface area contributed by atoms with Gasteiger partial charge in [-0.25, -0.2) is 54.6 Å². The third-order valence-corrected chi connectivity index (χ3v) is 12.4. The van der Waals surface area contributed by atoms with E-state index in [4.69, 9.17) is 29.9 Å². The van der Waals surface area contributed by atoms with Crippen LogP contribution in [0.3, 0.4) is 0 Å². The highest BCUT2D eigenvalue weighted by atomic mass is 19.4. The van der Waals surface area contributed by atoms with Crippen LogP contribution < -0.4 is 30.7 Å². The summed E-state index contributed by atoms with van der Waals surface area (Å²) < 4.78 is 101. The van der Waals surface area contributed by atoms with Crippen LogP contribution in [0.1, 0.15) is 20.8 Å². The first-order valence-electron chi connectivity index (χ1n) is 24.3. The zero-order chi connectivity index (χ0) is 53.2. The van der Waals surface area contributed by atoms with Gasteiger partial charge < -0.3 is 49.3 Å². The number of nitrogens with zero attached hydrogens (tertiary/aromatic N) is 18. The number of imidazole rings is 2. The van der Waals surface area contributed by atoms with Crippen LogP contribution in [0.15, 0.2) is 24.8 Å². The van der Waals surface area contributed by atoms with Crippen molar-refractivity contribution in [1.82, 2.24) is 68.8 Å². The summed E-state index contributed by atoms with van der Waals surface area (Å²) >= 11 is 0. The van der Waals surface area contributed by atoms with Gasteiger partial charge in [-0.3, -0.25) is 14.5 Å². The summed E-state index contributed by atoms with van der Waals surface area (Å²) in [4.78, 5) is 68.1. The lowest BCUT2D eigenvalue weighted by molar-refractivity contribution is -0.140. The molecule has 0 aliphatic carbocycles. The van der Waals surface area contributed by atoms with Crippen molar-refractivity contribution < 1.29 is 45.3 Å². The van der Waals surface area contributed by atoms with Gasteiger partial charge >= 0.3 is 18.4 Å². The third-order valence-electron chi connectivity index (χ3n) is 12.4. The summed E-state index contributed by atoms with van der Waals surface area (Å²) in [5, 5.41) is 2.45. The summed E-state index contributed by atoms with van der Waals surface area (Å²) in [7, 11) is 3.96. The number of piperazine rings is 2. The zero-order valence-corrected chi connectivity index (χ0v) is 42.1. The normalized spacial score (nSPS) is 17.6. The molecule has 6 aromatic heterocycles. The molecular weight excluding hydrogens is 999 g/mol. The van der Waals surface area contributed by atoms with Crippen LogP contribution in [0, 0.1) is 0 Å². The van der Waals surface area contributed by atoms with E-state index in [1.54, 1.807) is 20.8 Å². The first kappa shape index (κ1) is 52.8. The molecule has 4 saturated heterocycles. The molecule has 30 heteroatoms. The number of anilines is 6. The number of carbonyl (C=O) groups excluding carboxylic acids is 1. The van der Waals surface area contributed by atoms with Gasteiger partial charge in [0.15, 0.2) is 45.6 Å². The number of alkyl halides is 6. The lowest BCUT2D eigenvalue weighted by Gasteiger charge is -2.33. The van der Waals surface area contributed by atoms with Gasteiger partial charge in [-0.2, -0.15) is 26.3 Å². The second kappa shape index (κ2) is 21.7. The average molecular weight is 1060 g/mol. The molecule has 24 nitrogen and oxygen atoms in total. The second-order valence-corrected chi connectivity index (χ2v) is 19.3. The molecule has 4 aliphatic rings. The van der Waals surface area contributed by atoms with Gasteiger partial charge in [0, 0.05) is 103 Å². The standard InChI is InChI=1S/C25H33F3N10O3.C20H25F3N10O/c1-24(2,3)41-23(39)34-21-29-13-16(14-30-21)18-32-19(36-9-11-40-12-10-36)17-20(33-18)38(15-25(26,27)28)22(31-17)37-7-5-35(4)6-8-37;1-30-2-4-32(5-3-30)19-27-14-16(31-6-8-34-9-7-31)28-15(13-10-25-18(24)26-11-13)29-17(14)33(19)12-20(21,22)23/h13-14H,5-12,15H2,1-4H3,(H,29,30,34,39);10-11H,2-9,12H2,1H3,(H2,24,25,26). The molecule has 6 aromatic rings. The number of ether oxygens (including phenoxy) is 3. The van der Waals surface area contributed by atoms with Gasteiger partial charge in [0.25, 0.3) is 0 Å². The van der Waals surface area contributed by atoms with Crippen molar-refractivity contribution in [2.75, 3.05) is 150 Å². The van der Waals surface area contributed by atoms with Gasteiger partial charge in [-0.05, 0) is 34.9 Å². The lowest BCUT2D eigenvalue weighted by Crippen LogP contribution is -2.45. The Morgan fingerprint density at radius 1 is 0.573 bits per heavy atom. The van der Waals surface area contributed by atoms with E-state index in [2.05, 4.69) is 55.0 Å². The van der Waals surface area contributed by atoms with Crippen molar-refractivity contribution in [2.45, 2.75) is 51.8 Å². The highest BCUT2D eigenvalue weighted by Gasteiger charge is 2.36. The van der Waals surface area contributed by atoms with Crippen molar-refractivity contribution in [1.29, 1.82) is 0 Å². The van der Waals surface area contributed by atoms with Crippen LogP contribution >= 0.6 is 0 Å². The van der Waals surface area contributed by atoms with Crippen molar-refractivity contribution in [2.24, 2.45) is 0 Å². The number of hydrogen-bond donors (Lipinski definition) is 2. The summed E-state index contributed by atoms with van der Waals surface area (Å²) in [5.41, 5.74) is 6.52. The Morgan fingerprint density at radius 2 is 0.960 bits per heavy atom. The molecule has 0 atom stereocenters. The third kappa shape index (κ3) is 12.9. The number of nitrogen functional groups attached to an aromatic ring is 1. The van der Waals surface area contributed by atoms with E-state index in [0.717, 1.165) is 22.2 Å². The second-order valence-electron chi connectivity index (χ2n) is 19.3. The van der Waals surface area contributed by atoms with Gasteiger partial charge in [0.1, 0.15) is 18.7 Å². The largest absolute Gasteiger partial charge is 0.444 e. The summed E-state index contributed by atoms with van der Waals surface area (Å²) in [6, 6.07) is 0. The van der Waals surface area contributed by atoms with E-state index < -0.39 is 37.1 Å². The Morgan fingerprint density at radius 3 is 1.33 bits per heavy atom. The van der Waals surface area contributed by atoms with Crippen molar-refractivity contribution in [3.63, 3.8) is 0 Å². The van der Waals surface area contributed by atoms with Crippen LogP contribution in [0.5, 0.6) is 0 Å². The molecule has 0 saturated carbocycles. The van der Waals surface area contributed by atoms with E-state index in [0.29, 0.717) is 120 Å². The number of morpholine rings is 2. The van der Waals surface area contributed by atoms with Crippen molar-refractivity contribution in [3.05, 3.63) is 24.8 Å². The number of aromatic nitrogens is 12. The highest BCUT2D eigenvalue weighted by molar-refractivity contribution is 5.89. The predicted molar refractivity (Wildman–Crippen MR) is 265 cm³/mol. The van der Waals surface area contributed by atoms with Gasteiger partial charge in [0.2, 0.25) is 23.8 Å². The quantitative estimate of drug-likeness (QED) is 0.196. The first-order chi connectivity index (χ1) is 35.6. The Labute approximate surface area is 426 Å². The minimum Gasteiger partial charge on any atom is -0.444 e. The van der Waals surface area contributed by atoms with Crippen LogP contribution in [-0.4, -0.2) is 212 Å². The van der Waals surface area contributed by atoms with Gasteiger partial charge in [-0.1, -0.05) is 0 Å². The zero-order valence-electron chi connectivity index (χ0n) is 42.1. The number of fused-ring (bicyclic) bond motifs is 2. The molecule has 4 fully saturated rings. The molecule has 0 bridgehead atoms. The number of nitrogens with one attached hydrogen (secondary N) is 1. The number of carbonyl (C=O) groups is 1. The SMILES string of the molecule is CN1CCN(c2nc3c(N4CCOCC4)nc(-c4cnc(N)nc4)nc3n2CC(F)(F)F)CC1.CN1CCN(c2nc3c(N4CCOCC4)nc(-c4cnc(NC(=O)OC(C)(C)C)nc4)nc3n2CC(F)(F)F)CC1. The minimum absolute atomic E-state index is 0.00283. The number of nitrogens with two attached hydrogens (primary N) is 1. The molecule has 3 N–H and O–H groups in total. The maximum atomic E-state index is 13.9. The van der Waals surface area contributed by atoms with E-state index in [1.807, 2.05) is 33.7 Å². The van der Waals surface area contributed by atoms with Crippen molar-refractivity contribution in [3.8, 4) is 22.8 Å². The van der Waals surface area contributed by atoms with E-state index in [9.17, 15) is 31.1 Å². The Balaban J connectivity index is 0.000000187. The lowest BCUT2D eigenvalue weighted by atomic mass is 10.2. The number of likely N-dealkylation sites (N-methyl/N-ethyl adjacent to an activating group) is 2. The first-order valence-corrected chi connectivity index (χ1v) is 24.3. The van der Waals surface area contributed by atoms with E-state index in [-0.39, 0.29) is 52.3 Å². The molecule has 404 valence electrons. The topological polar surface area (TPSA) is 241 Å². The van der Waals surface area contributed by atoms with Crippen LogP contribution in [0.25, 0.3) is 45.1 Å². The number of amides is 1. The smallest absolute Gasteiger partial charge is 0.414 e. The monoisotopic (exact) mass is 1060 g/mol. The van der Waals surface area contributed by atoms with Crippen LogP contribution in [0.2, 0.25) is 0 Å². The maximum Gasteiger partial charge on any atom is 0.414 e. The maximum absolute atomic E-state index is 13.9.